The summed E-state index contributed by atoms with van der Waals surface area (Å²) in [6.07, 6.45) is 4.22. The number of carbonyl (C=O) groups is 1. The Balaban J connectivity index is 0.000000249. The van der Waals surface area contributed by atoms with E-state index in [1.54, 1.807) is 13.8 Å². The zero-order chi connectivity index (χ0) is 11.0. The third kappa shape index (κ3) is 6.86. The molecule has 1 aliphatic rings. The van der Waals surface area contributed by atoms with Gasteiger partial charge >= 0.3 is 5.97 Å². The lowest BCUT2D eigenvalue weighted by Gasteiger charge is -2.08. The van der Waals surface area contributed by atoms with Gasteiger partial charge in [0.2, 0.25) is 0 Å². The molecule has 1 atom stereocenters. The average molecular weight is 202 g/mol. The van der Waals surface area contributed by atoms with Crippen LogP contribution in [-0.4, -0.2) is 30.2 Å². The van der Waals surface area contributed by atoms with Crippen molar-refractivity contribution < 1.29 is 9.90 Å². The quantitative estimate of drug-likeness (QED) is 0.619. The van der Waals surface area contributed by atoms with Gasteiger partial charge in [-0.2, -0.15) is 0 Å². The van der Waals surface area contributed by atoms with Crippen LogP contribution in [0, 0.1) is 5.92 Å². The number of piperidine rings is 1. The van der Waals surface area contributed by atoms with E-state index in [1.165, 1.54) is 32.4 Å². The van der Waals surface area contributed by atoms with Crippen molar-refractivity contribution in [3.05, 3.63) is 0 Å². The molecule has 0 unspecified atom stereocenters. The lowest BCUT2D eigenvalue weighted by Crippen LogP contribution is -2.34. The van der Waals surface area contributed by atoms with Gasteiger partial charge in [-0.05, 0) is 31.8 Å². The number of nitrogens with two attached hydrogens (primary N) is 1. The Bertz CT molecular complexity index is 145. The Kier molecular flexibility index (Phi) is 7.42. The summed E-state index contributed by atoms with van der Waals surface area (Å²) < 4.78 is 0. The molecule has 14 heavy (non-hydrogen) atoms. The Morgan fingerprint density at radius 2 is 1.79 bits per heavy atom. The second kappa shape index (κ2) is 7.76. The fourth-order valence-electron chi connectivity index (χ4n) is 1.09. The number of aliphatic carboxylic acids is 1. The van der Waals surface area contributed by atoms with Crippen LogP contribution in [-0.2, 0) is 4.79 Å². The lowest BCUT2D eigenvalue weighted by atomic mass is 10.1. The Hall–Kier alpha value is -0.610. The molecule has 0 bridgehead atoms. The van der Waals surface area contributed by atoms with Gasteiger partial charge in [0.05, 0.1) is 0 Å². The minimum Gasteiger partial charge on any atom is -0.480 e. The maximum absolute atomic E-state index is 10.0. The van der Waals surface area contributed by atoms with Gasteiger partial charge in [0.25, 0.3) is 0 Å². The van der Waals surface area contributed by atoms with E-state index in [1.807, 2.05) is 0 Å². The molecule has 1 rings (SSSR count). The normalized spacial score (nSPS) is 18.3. The number of carboxylic acid groups (broad SMARTS) is 1. The molecule has 1 saturated heterocycles. The molecule has 1 heterocycles. The van der Waals surface area contributed by atoms with Gasteiger partial charge in [0, 0.05) is 0 Å². The Morgan fingerprint density at radius 3 is 1.86 bits per heavy atom. The summed E-state index contributed by atoms with van der Waals surface area (Å²) in [7, 11) is 0. The molecular weight excluding hydrogens is 180 g/mol. The van der Waals surface area contributed by atoms with Crippen LogP contribution in [0.15, 0.2) is 0 Å². The summed E-state index contributed by atoms with van der Waals surface area (Å²) in [5.74, 6) is -0.910. The van der Waals surface area contributed by atoms with Crippen LogP contribution < -0.4 is 11.1 Å². The number of nitrogens with one attached hydrogen (secondary N) is 1. The predicted octanol–water partition coefficient (Wildman–Crippen LogP) is 0.814. The molecule has 4 heteroatoms. The van der Waals surface area contributed by atoms with Crippen LogP contribution in [0.2, 0.25) is 0 Å². The van der Waals surface area contributed by atoms with E-state index in [2.05, 4.69) is 5.32 Å². The maximum Gasteiger partial charge on any atom is 0.320 e. The molecule has 0 spiro atoms. The Morgan fingerprint density at radius 1 is 1.29 bits per heavy atom. The minimum atomic E-state index is -0.931. The van der Waals surface area contributed by atoms with E-state index in [-0.39, 0.29) is 5.92 Å². The standard InChI is InChI=1S/C5H11NO2.C5H11N/c1-3(2)4(6)5(7)8;1-2-4-6-5-3-1/h3-4H,6H2,1-2H3,(H,7,8);6H,1-5H2/t4-;/m0./s1. The molecule has 0 aromatic carbocycles. The first-order chi connectivity index (χ1) is 6.55. The highest BCUT2D eigenvalue weighted by Crippen LogP contribution is 1.96. The summed E-state index contributed by atoms with van der Waals surface area (Å²) in [5, 5.41) is 11.5. The highest BCUT2D eigenvalue weighted by Gasteiger charge is 2.14. The largest absolute Gasteiger partial charge is 0.480 e. The van der Waals surface area contributed by atoms with Crippen molar-refractivity contribution >= 4 is 5.97 Å². The number of hydrogen-bond acceptors (Lipinski definition) is 3. The third-order valence-corrected chi connectivity index (χ3v) is 2.21. The third-order valence-electron chi connectivity index (χ3n) is 2.21. The lowest BCUT2D eigenvalue weighted by molar-refractivity contribution is -0.139. The van der Waals surface area contributed by atoms with Crippen molar-refractivity contribution in [2.24, 2.45) is 11.7 Å². The van der Waals surface area contributed by atoms with Crippen LogP contribution in [0.4, 0.5) is 0 Å². The van der Waals surface area contributed by atoms with Crippen LogP contribution in [0.3, 0.4) is 0 Å². The highest BCUT2D eigenvalue weighted by molar-refractivity contribution is 5.73. The van der Waals surface area contributed by atoms with Crippen LogP contribution in [0.1, 0.15) is 33.1 Å². The van der Waals surface area contributed by atoms with Crippen molar-refractivity contribution in [1.29, 1.82) is 0 Å². The van der Waals surface area contributed by atoms with Crippen LogP contribution in [0.25, 0.3) is 0 Å². The van der Waals surface area contributed by atoms with E-state index < -0.39 is 12.0 Å². The monoisotopic (exact) mass is 202 g/mol. The molecule has 4 N–H and O–H groups in total. The van der Waals surface area contributed by atoms with Gasteiger partial charge < -0.3 is 16.2 Å². The molecule has 1 fully saturated rings. The van der Waals surface area contributed by atoms with E-state index in [4.69, 9.17) is 10.8 Å². The topological polar surface area (TPSA) is 75.3 Å². The van der Waals surface area contributed by atoms with Crippen molar-refractivity contribution in [1.82, 2.24) is 5.32 Å². The van der Waals surface area contributed by atoms with Gasteiger partial charge in [-0.3, -0.25) is 4.79 Å². The fourth-order valence-corrected chi connectivity index (χ4v) is 1.09. The number of carboxylic acids is 1. The summed E-state index contributed by atoms with van der Waals surface area (Å²) in [5.41, 5.74) is 5.16. The van der Waals surface area contributed by atoms with Gasteiger partial charge in [0.15, 0.2) is 0 Å². The number of rotatable bonds is 2. The van der Waals surface area contributed by atoms with Crippen molar-refractivity contribution in [2.75, 3.05) is 13.1 Å². The van der Waals surface area contributed by atoms with Crippen LogP contribution >= 0.6 is 0 Å². The molecular formula is C10H22N2O2. The van der Waals surface area contributed by atoms with E-state index in [9.17, 15) is 4.79 Å². The predicted molar refractivity (Wildman–Crippen MR) is 57.2 cm³/mol. The van der Waals surface area contributed by atoms with Crippen molar-refractivity contribution in [3.63, 3.8) is 0 Å². The molecule has 0 amide bonds. The van der Waals surface area contributed by atoms with E-state index >= 15 is 0 Å². The molecule has 0 radical (unpaired) electrons. The summed E-state index contributed by atoms with van der Waals surface area (Å²) in [6, 6.07) is -0.713. The second-order valence-electron chi connectivity index (χ2n) is 3.92. The number of hydrogen-bond donors (Lipinski definition) is 3. The molecule has 0 aromatic rings. The molecule has 84 valence electrons. The first-order valence-electron chi connectivity index (χ1n) is 5.24. The molecule has 1 aliphatic heterocycles. The van der Waals surface area contributed by atoms with Crippen LogP contribution in [0.5, 0.6) is 0 Å². The van der Waals surface area contributed by atoms with Gasteiger partial charge in [-0.25, -0.2) is 0 Å². The minimum absolute atomic E-state index is 0.0208. The highest BCUT2D eigenvalue weighted by atomic mass is 16.4. The van der Waals surface area contributed by atoms with Gasteiger partial charge in [-0.1, -0.05) is 20.3 Å². The maximum atomic E-state index is 10.0. The van der Waals surface area contributed by atoms with E-state index in [0.717, 1.165) is 0 Å². The zero-order valence-corrected chi connectivity index (χ0v) is 9.12. The average Bonchev–Trinajstić information content (AvgIpc) is 2.20. The Labute approximate surface area is 85.9 Å². The SMILES string of the molecule is C1CCNCC1.CC(C)[C@H](N)C(=O)O. The van der Waals surface area contributed by atoms with Crippen molar-refractivity contribution in [2.45, 2.75) is 39.2 Å². The first kappa shape index (κ1) is 13.4. The first-order valence-corrected chi connectivity index (χ1v) is 5.24. The summed E-state index contributed by atoms with van der Waals surface area (Å²) >= 11 is 0. The second-order valence-corrected chi connectivity index (χ2v) is 3.92. The summed E-state index contributed by atoms with van der Waals surface area (Å²) in [6.45, 7) is 6.05. The smallest absolute Gasteiger partial charge is 0.320 e. The van der Waals surface area contributed by atoms with Gasteiger partial charge in [-0.15, -0.1) is 0 Å². The molecule has 0 aliphatic carbocycles. The van der Waals surface area contributed by atoms with E-state index in [0.29, 0.717) is 0 Å². The zero-order valence-electron chi connectivity index (χ0n) is 9.12. The summed E-state index contributed by atoms with van der Waals surface area (Å²) in [4.78, 5) is 10.0. The van der Waals surface area contributed by atoms with Crippen molar-refractivity contribution in [3.8, 4) is 0 Å². The molecule has 0 saturated carbocycles. The molecule has 4 nitrogen and oxygen atoms in total. The van der Waals surface area contributed by atoms with Gasteiger partial charge in [0.1, 0.15) is 6.04 Å². The molecule has 0 aromatic heterocycles. The fraction of sp³-hybridized carbons (Fsp3) is 0.900.